The van der Waals surface area contributed by atoms with Crippen LogP contribution in [0.5, 0.6) is 0 Å². The number of para-hydroxylation sites is 1. The van der Waals surface area contributed by atoms with Crippen molar-refractivity contribution in [3.8, 4) is 0 Å². The van der Waals surface area contributed by atoms with Crippen LogP contribution in [0.3, 0.4) is 0 Å². The molecule has 1 N–H and O–H groups in total. The molecule has 1 amide bonds. The summed E-state index contributed by atoms with van der Waals surface area (Å²) in [5.74, 6) is -1.08. The molecule has 0 heterocycles. The van der Waals surface area contributed by atoms with Gasteiger partial charge >= 0.3 is 12.1 Å². The SMILES string of the molecule is Cc1cccc(C)c1N(CC(=O)O)C(=O)OC(C)(C)C. The lowest BCUT2D eigenvalue weighted by Crippen LogP contribution is -2.40. The van der Waals surface area contributed by atoms with Crippen molar-refractivity contribution < 1.29 is 19.4 Å². The third kappa shape index (κ3) is 4.26. The number of amides is 1. The molecule has 5 heteroatoms. The number of hydrogen-bond donors (Lipinski definition) is 1. The number of carbonyl (C=O) groups is 2. The Labute approximate surface area is 119 Å². The van der Waals surface area contributed by atoms with E-state index >= 15 is 0 Å². The Morgan fingerprint density at radius 2 is 1.70 bits per heavy atom. The summed E-state index contributed by atoms with van der Waals surface area (Å²) >= 11 is 0. The van der Waals surface area contributed by atoms with Gasteiger partial charge in [-0.05, 0) is 45.7 Å². The Hall–Kier alpha value is -2.04. The van der Waals surface area contributed by atoms with E-state index in [9.17, 15) is 9.59 Å². The molecule has 0 aliphatic carbocycles. The van der Waals surface area contributed by atoms with E-state index in [1.807, 2.05) is 32.0 Å². The van der Waals surface area contributed by atoms with Gasteiger partial charge in [-0.1, -0.05) is 18.2 Å². The second kappa shape index (κ2) is 5.94. The summed E-state index contributed by atoms with van der Waals surface area (Å²) in [7, 11) is 0. The van der Waals surface area contributed by atoms with Gasteiger partial charge in [0.2, 0.25) is 0 Å². The van der Waals surface area contributed by atoms with Crippen molar-refractivity contribution >= 4 is 17.7 Å². The van der Waals surface area contributed by atoms with Gasteiger partial charge in [0.25, 0.3) is 0 Å². The third-order valence-electron chi connectivity index (χ3n) is 2.62. The minimum Gasteiger partial charge on any atom is -0.480 e. The Balaban J connectivity index is 3.19. The molecule has 0 unspecified atom stereocenters. The predicted molar refractivity (Wildman–Crippen MR) is 77.1 cm³/mol. The van der Waals surface area contributed by atoms with Crippen molar-refractivity contribution in [3.63, 3.8) is 0 Å². The van der Waals surface area contributed by atoms with E-state index in [2.05, 4.69) is 0 Å². The molecule has 0 spiro atoms. The van der Waals surface area contributed by atoms with E-state index < -0.39 is 24.2 Å². The summed E-state index contributed by atoms with van der Waals surface area (Å²) in [5, 5.41) is 9.02. The number of aryl methyl sites for hydroxylation is 2. The summed E-state index contributed by atoms with van der Waals surface area (Å²) in [5.41, 5.74) is 1.57. The first-order valence-electron chi connectivity index (χ1n) is 6.40. The molecule has 1 aromatic carbocycles. The standard InChI is InChI=1S/C15H21NO4/c1-10-7-6-8-11(2)13(10)16(9-12(17)18)14(19)20-15(3,4)5/h6-8H,9H2,1-5H3,(H,17,18). The fourth-order valence-corrected chi connectivity index (χ4v) is 1.92. The van der Waals surface area contributed by atoms with Gasteiger partial charge in [0.15, 0.2) is 0 Å². The molecule has 0 bridgehead atoms. The van der Waals surface area contributed by atoms with Crippen molar-refractivity contribution in [3.05, 3.63) is 29.3 Å². The van der Waals surface area contributed by atoms with Crippen LogP contribution in [0.4, 0.5) is 10.5 Å². The van der Waals surface area contributed by atoms with Crippen molar-refractivity contribution in [2.45, 2.75) is 40.2 Å². The third-order valence-corrected chi connectivity index (χ3v) is 2.62. The zero-order valence-corrected chi connectivity index (χ0v) is 12.6. The highest BCUT2D eigenvalue weighted by molar-refractivity contribution is 5.94. The topological polar surface area (TPSA) is 66.8 Å². The van der Waals surface area contributed by atoms with E-state index in [4.69, 9.17) is 9.84 Å². The summed E-state index contributed by atoms with van der Waals surface area (Å²) in [6.07, 6.45) is -0.655. The van der Waals surface area contributed by atoms with Crippen molar-refractivity contribution in [2.75, 3.05) is 11.4 Å². The summed E-state index contributed by atoms with van der Waals surface area (Å²) in [6.45, 7) is 8.47. The van der Waals surface area contributed by atoms with Crippen molar-refractivity contribution in [1.82, 2.24) is 0 Å². The molecule has 0 aliphatic rings. The van der Waals surface area contributed by atoms with Crippen LogP contribution in [-0.4, -0.2) is 29.3 Å². The Bertz CT molecular complexity index is 497. The maximum atomic E-state index is 12.2. The zero-order valence-electron chi connectivity index (χ0n) is 12.6. The first-order chi connectivity index (χ1) is 9.11. The Kier molecular flexibility index (Phi) is 4.76. The number of aliphatic carboxylic acids is 1. The first kappa shape index (κ1) is 16.0. The van der Waals surface area contributed by atoms with Gasteiger partial charge in [-0.15, -0.1) is 0 Å². The van der Waals surface area contributed by atoms with Crippen LogP contribution in [-0.2, 0) is 9.53 Å². The number of ether oxygens (including phenoxy) is 1. The van der Waals surface area contributed by atoms with Gasteiger partial charge in [-0.25, -0.2) is 4.79 Å². The van der Waals surface area contributed by atoms with Gasteiger partial charge in [0.05, 0.1) is 5.69 Å². The van der Waals surface area contributed by atoms with Crippen LogP contribution in [0.25, 0.3) is 0 Å². The van der Waals surface area contributed by atoms with E-state index in [0.717, 1.165) is 16.0 Å². The summed E-state index contributed by atoms with van der Waals surface area (Å²) in [4.78, 5) is 24.4. The van der Waals surface area contributed by atoms with Crippen LogP contribution in [0.2, 0.25) is 0 Å². The number of carboxylic acids is 1. The Morgan fingerprint density at radius 3 is 2.10 bits per heavy atom. The molecule has 0 aliphatic heterocycles. The van der Waals surface area contributed by atoms with Crippen LogP contribution in [0.1, 0.15) is 31.9 Å². The highest BCUT2D eigenvalue weighted by Gasteiger charge is 2.27. The number of rotatable bonds is 3. The van der Waals surface area contributed by atoms with E-state index in [-0.39, 0.29) is 0 Å². The van der Waals surface area contributed by atoms with Crippen LogP contribution < -0.4 is 4.90 Å². The van der Waals surface area contributed by atoms with Gasteiger partial charge in [0.1, 0.15) is 12.1 Å². The molecule has 20 heavy (non-hydrogen) atoms. The lowest BCUT2D eigenvalue weighted by molar-refractivity contribution is -0.135. The summed E-state index contributed by atoms with van der Waals surface area (Å²) in [6, 6.07) is 5.53. The lowest BCUT2D eigenvalue weighted by Gasteiger charge is -2.28. The minimum absolute atomic E-state index is 0.430. The average Bonchev–Trinajstić information content (AvgIpc) is 2.24. The molecule has 0 radical (unpaired) electrons. The molecule has 0 aromatic heterocycles. The van der Waals surface area contributed by atoms with Crippen LogP contribution in [0, 0.1) is 13.8 Å². The highest BCUT2D eigenvalue weighted by Crippen LogP contribution is 2.26. The number of carbonyl (C=O) groups excluding carboxylic acids is 1. The minimum atomic E-state index is -1.08. The second-order valence-electron chi connectivity index (χ2n) is 5.70. The lowest BCUT2D eigenvalue weighted by atomic mass is 10.1. The predicted octanol–water partition coefficient (Wildman–Crippen LogP) is 3.13. The normalized spacial score (nSPS) is 11.1. The number of benzene rings is 1. The molecule has 1 aromatic rings. The fourth-order valence-electron chi connectivity index (χ4n) is 1.92. The fraction of sp³-hybridized carbons (Fsp3) is 0.467. The van der Waals surface area contributed by atoms with Gasteiger partial charge in [0, 0.05) is 0 Å². The monoisotopic (exact) mass is 279 g/mol. The molecule has 0 saturated carbocycles. The highest BCUT2D eigenvalue weighted by atomic mass is 16.6. The first-order valence-corrected chi connectivity index (χ1v) is 6.40. The molecule has 5 nitrogen and oxygen atoms in total. The summed E-state index contributed by atoms with van der Waals surface area (Å²) < 4.78 is 5.29. The number of nitrogens with zero attached hydrogens (tertiary/aromatic N) is 1. The Morgan fingerprint density at radius 1 is 1.20 bits per heavy atom. The zero-order chi connectivity index (χ0) is 15.5. The van der Waals surface area contributed by atoms with E-state index in [1.54, 1.807) is 20.8 Å². The van der Waals surface area contributed by atoms with E-state index in [1.165, 1.54) is 0 Å². The van der Waals surface area contributed by atoms with Crippen LogP contribution >= 0.6 is 0 Å². The van der Waals surface area contributed by atoms with Gasteiger partial charge in [-0.2, -0.15) is 0 Å². The maximum absolute atomic E-state index is 12.2. The molecular formula is C15H21NO4. The molecule has 110 valence electrons. The average molecular weight is 279 g/mol. The number of anilines is 1. The quantitative estimate of drug-likeness (QED) is 0.923. The van der Waals surface area contributed by atoms with Crippen molar-refractivity contribution in [2.24, 2.45) is 0 Å². The number of hydrogen-bond acceptors (Lipinski definition) is 3. The van der Waals surface area contributed by atoms with Gasteiger partial charge in [-0.3, -0.25) is 9.69 Å². The molecule has 0 fully saturated rings. The smallest absolute Gasteiger partial charge is 0.415 e. The van der Waals surface area contributed by atoms with Gasteiger partial charge < -0.3 is 9.84 Å². The maximum Gasteiger partial charge on any atom is 0.415 e. The molecular weight excluding hydrogens is 258 g/mol. The molecule has 1 rings (SSSR count). The second-order valence-corrected chi connectivity index (χ2v) is 5.70. The largest absolute Gasteiger partial charge is 0.480 e. The van der Waals surface area contributed by atoms with Crippen LogP contribution in [0.15, 0.2) is 18.2 Å². The number of carboxylic acid groups (broad SMARTS) is 1. The van der Waals surface area contributed by atoms with Crippen molar-refractivity contribution in [1.29, 1.82) is 0 Å². The molecule has 0 saturated heterocycles. The molecule has 0 atom stereocenters. The van der Waals surface area contributed by atoms with E-state index in [0.29, 0.717) is 5.69 Å².